The van der Waals surface area contributed by atoms with Gasteiger partial charge in [0.2, 0.25) is 0 Å². The normalized spacial score (nSPS) is 11.6. The highest BCUT2D eigenvalue weighted by Crippen LogP contribution is 2.43. The van der Waals surface area contributed by atoms with Gasteiger partial charge in [-0.3, -0.25) is 4.98 Å². The number of nitrogens with zero attached hydrogens (tertiary/aromatic N) is 5. The fourth-order valence-electron chi connectivity index (χ4n) is 7.91. The first-order valence-corrected chi connectivity index (χ1v) is 18.6. The summed E-state index contributed by atoms with van der Waals surface area (Å²) in [5, 5.41) is 4.50. The lowest BCUT2D eigenvalue weighted by atomic mass is 9.98. The molecule has 0 fully saturated rings. The van der Waals surface area contributed by atoms with Crippen LogP contribution in [-0.4, -0.2) is 24.5 Å². The lowest BCUT2D eigenvalue weighted by Crippen LogP contribution is -2.02. The van der Waals surface area contributed by atoms with Crippen molar-refractivity contribution in [2.24, 2.45) is 0 Å². The van der Waals surface area contributed by atoms with Crippen molar-refractivity contribution in [2.45, 2.75) is 0 Å². The summed E-state index contributed by atoms with van der Waals surface area (Å²) in [4.78, 5) is 20.3. The maximum Gasteiger partial charge on any atom is 0.166 e. The average molecular weight is 718 g/mol. The number of hydrogen-bond donors (Lipinski definition) is 0. The maximum atomic E-state index is 6.70. The molecule has 4 aromatic heterocycles. The molecule has 11 aromatic rings. The SMILES string of the molecule is c1ccc(-c2cnc(-c3ccc4c(c3)oc3ccc5c(c6ccccc6n5-c5ccccc5)c34)c(-c3nc(-c4ccccc4)nc(-c4ccccc4)n3)c2)cc1. The quantitative estimate of drug-likeness (QED) is 0.171. The molecular weight excluding hydrogens is 687 g/mol. The van der Waals surface area contributed by atoms with E-state index in [1.54, 1.807) is 0 Å². The van der Waals surface area contributed by atoms with Gasteiger partial charge >= 0.3 is 0 Å². The van der Waals surface area contributed by atoms with Crippen molar-refractivity contribution in [3.63, 3.8) is 0 Å². The highest BCUT2D eigenvalue weighted by Gasteiger charge is 2.22. The highest BCUT2D eigenvalue weighted by atomic mass is 16.3. The van der Waals surface area contributed by atoms with Crippen LogP contribution in [0.1, 0.15) is 0 Å². The van der Waals surface area contributed by atoms with Gasteiger partial charge in [0.25, 0.3) is 0 Å². The van der Waals surface area contributed by atoms with Gasteiger partial charge in [-0.2, -0.15) is 0 Å². The smallest absolute Gasteiger partial charge is 0.166 e. The monoisotopic (exact) mass is 717 g/mol. The number of rotatable bonds is 6. The predicted molar refractivity (Wildman–Crippen MR) is 226 cm³/mol. The van der Waals surface area contributed by atoms with Crippen molar-refractivity contribution in [3.8, 4) is 62.2 Å². The van der Waals surface area contributed by atoms with Crippen LogP contribution in [-0.2, 0) is 0 Å². The van der Waals surface area contributed by atoms with Crippen molar-refractivity contribution >= 4 is 43.7 Å². The molecule has 56 heavy (non-hydrogen) atoms. The molecule has 7 aromatic carbocycles. The maximum absolute atomic E-state index is 6.70. The first-order chi connectivity index (χ1) is 27.8. The topological polar surface area (TPSA) is 69.6 Å². The minimum absolute atomic E-state index is 0.540. The van der Waals surface area contributed by atoms with Gasteiger partial charge in [-0.1, -0.05) is 133 Å². The molecule has 0 aliphatic rings. The van der Waals surface area contributed by atoms with Gasteiger partial charge in [0.15, 0.2) is 17.5 Å². The molecule has 0 unspecified atom stereocenters. The highest BCUT2D eigenvalue weighted by molar-refractivity contribution is 6.27. The molecule has 0 N–H and O–H groups in total. The Morgan fingerprint density at radius 3 is 1.70 bits per heavy atom. The first-order valence-electron chi connectivity index (χ1n) is 18.6. The molecule has 0 aliphatic heterocycles. The van der Waals surface area contributed by atoms with E-state index in [1.165, 1.54) is 10.8 Å². The van der Waals surface area contributed by atoms with Crippen molar-refractivity contribution in [1.82, 2.24) is 24.5 Å². The lowest BCUT2D eigenvalue weighted by Gasteiger charge is -2.13. The summed E-state index contributed by atoms with van der Waals surface area (Å²) >= 11 is 0. The van der Waals surface area contributed by atoms with Gasteiger partial charge in [-0.25, -0.2) is 15.0 Å². The number of hydrogen-bond acceptors (Lipinski definition) is 5. The summed E-state index contributed by atoms with van der Waals surface area (Å²) in [6, 6.07) is 62.3. The van der Waals surface area contributed by atoms with Crippen LogP contribution >= 0.6 is 0 Å². The minimum atomic E-state index is 0.540. The van der Waals surface area contributed by atoms with Gasteiger partial charge in [0, 0.05) is 61.2 Å². The molecule has 4 heterocycles. The molecule has 0 saturated heterocycles. The number of aromatic nitrogens is 5. The Hall–Kier alpha value is -7.70. The number of benzene rings is 7. The van der Waals surface area contributed by atoms with Crippen molar-refractivity contribution in [3.05, 3.63) is 188 Å². The Morgan fingerprint density at radius 2 is 1.00 bits per heavy atom. The number of furan rings is 1. The molecule has 0 atom stereocenters. The standard InChI is InChI=1S/C50H31N5O/c1-5-15-32(16-6-1)36-29-40(50-53-48(33-17-7-2-8-18-33)52-49(54-50)34-19-9-3-10-20-34)47(51-31-36)35-25-26-39-44(30-35)56-43-28-27-42-45(46(39)43)38-23-13-14-24-41(38)55(42)37-21-11-4-12-22-37/h1-31H. The Bertz CT molecular complexity index is 3170. The third kappa shape index (κ3) is 5.27. The lowest BCUT2D eigenvalue weighted by molar-refractivity contribution is 0.669. The van der Waals surface area contributed by atoms with Crippen LogP contribution in [0.25, 0.3) is 106 Å². The van der Waals surface area contributed by atoms with Gasteiger partial charge in [-0.05, 0) is 54.1 Å². The number of para-hydroxylation sites is 2. The third-order valence-corrected chi connectivity index (χ3v) is 10.5. The van der Waals surface area contributed by atoms with E-state index in [2.05, 4.69) is 108 Å². The molecule has 0 radical (unpaired) electrons. The number of fused-ring (bicyclic) bond motifs is 7. The average Bonchev–Trinajstić information content (AvgIpc) is 3.82. The molecule has 0 spiro atoms. The Balaban J connectivity index is 1.14. The van der Waals surface area contributed by atoms with Crippen molar-refractivity contribution in [2.75, 3.05) is 0 Å². The molecule has 0 aliphatic carbocycles. The molecule has 6 nitrogen and oxygen atoms in total. The molecule has 0 bridgehead atoms. The first kappa shape index (κ1) is 31.8. The molecule has 262 valence electrons. The van der Waals surface area contributed by atoms with Crippen molar-refractivity contribution in [1.29, 1.82) is 0 Å². The van der Waals surface area contributed by atoms with E-state index in [1.807, 2.05) is 85.1 Å². The Morgan fingerprint density at radius 1 is 0.393 bits per heavy atom. The Kier molecular flexibility index (Phi) is 7.38. The van der Waals surface area contributed by atoms with Crippen LogP contribution in [0.5, 0.6) is 0 Å². The van der Waals surface area contributed by atoms with E-state index >= 15 is 0 Å². The largest absolute Gasteiger partial charge is 0.456 e. The van der Waals surface area contributed by atoms with Crippen LogP contribution in [0, 0.1) is 0 Å². The van der Waals surface area contributed by atoms with Crippen LogP contribution in [0.4, 0.5) is 0 Å². The van der Waals surface area contributed by atoms with Crippen LogP contribution in [0.3, 0.4) is 0 Å². The molecule has 11 rings (SSSR count). The molecule has 0 amide bonds. The zero-order valence-electron chi connectivity index (χ0n) is 30.0. The van der Waals surface area contributed by atoms with Gasteiger partial charge in [0.1, 0.15) is 11.2 Å². The van der Waals surface area contributed by atoms with Gasteiger partial charge < -0.3 is 8.98 Å². The van der Waals surface area contributed by atoms with E-state index in [-0.39, 0.29) is 0 Å². The van der Waals surface area contributed by atoms with Crippen LogP contribution in [0.15, 0.2) is 193 Å². The van der Waals surface area contributed by atoms with Crippen LogP contribution in [0.2, 0.25) is 0 Å². The number of pyridine rings is 1. The zero-order chi connectivity index (χ0) is 37.0. The molecular formula is C50H31N5O. The summed E-state index contributed by atoms with van der Waals surface area (Å²) in [5.41, 5.74) is 11.3. The third-order valence-electron chi connectivity index (χ3n) is 10.5. The summed E-state index contributed by atoms with van der Waals surface area (Å²) in [5.74, 6) is 1.73. The second-order valence-electron chi connectivity index (χ2n) is 13.9. The summed E-state index contributed by atoms with van der Waals surface area (Å²) in [6.07, 6.45) is 1.93. The fourth-order valence-corrected chi connectivity index (χ4v) is 7.91. The van der Waals surface area contributed by atoms with E-state index in [0.29, 0.717) is 17.5 Å². The van der Waals surface area contributed by atoms with E-state index in [9.17, 15) is 0 Å². The predicted octanol–water partition coefficient (Wildman–Crippen LogP) is 12.6. The van der Waals surface area contributed by atoms with Crippen LogP contribution < -0.4 is 0 Å². The second kappa shape index (κ2) is 13.0. The summed E-state index contributed by atoms with van der Waals surface area (Å²) in [6.45, 7) is 0. The van der Waals surface area contributed by atoms with E-state index < -0.39 is 0 Å². The van der Waals surface area contributed by atoms with E-state index in [4.69, 9.17) is 24.4 Å². The van der Waals surface area contributed by atoms with Crippen molar-refractivity contribution < 1.29 is 4.42 Å². The van der Waals surface area contributed by atoms with E-state index in [0.717, 1.165) is 77.7 Å². The van der Waals surface area contributed by atoms with Gasteiger partial charge in [-0.15, -0.1) is 0 Å². The second-order valence-corrected chi connectivity index (χ2v) is 13.9. The Labute approximate surface area is 322 Å². The molecule has 0 saturated carbocycles. The summed E-state index contributed by atoms with van der Waals surface area (Å²) < 4.78 is 9.04. The zero-order valence-corrected chi connectivity index (χ0v) is 30.0. The molecule has 6 heteroatoms. The fraction of sp³-hybridized carbons (Fsp3) is 0. The minimum Gasteiger partial charge on any atom is -0.456 e. The summed E-state index contributed by atoms with van der Waals surface area (Å²) in [7, 11) is 0. The van der Waals surface area contributed by atoms with Gasteiger partial charge in [0.05, 0.1) is 16.7 Å².